The Hall–Kier alpha value is -2.12. The van der Waals surface area contributed by atoms with Crippen molar-refractivity contribution in [3.8, 4) is 5.75 Å². The molecule has 0 spiro atoms. The number of halogens is 4. The normalized spacial score (nSPS) is 13.8. The molecule has 2 aromatic carbocycles. The van der Waals surface area contributed by atoms with E-state index in [1.54, 1.807) is 19.1 Å². The van der Waals surface area contributed by atoms with Gasteiger partial charge in [0.05, 0.1) is 6.10 Å². The molecule has 0 aromatic heterocycles. The van der Waals surface area contributed by atoms with Gasteiger partial charge in [-0.2, -0.15) is 8.78 Å². The average Bonchev–Trinajstić information content (AvgIpc) is 2.55. The molecule has 130 valence electrons. The van der Waals surface area contributed by atoms with Gasteiger partial charge in [-0.15, -0.1) is 0 Å². The lowest BCUT2D eigenvalue weighted by molar-refractivity contribution is -0.0498. The Balaban J connectivity index is 1.92. The number of benzene rings is 2. The summed E-state index contributed by atoms with van der Waals surface area (Å²) in [6, 6.07) is 8.85. The maximum atomic E-state index is 13.2. The highest BCUT2D eigenvalue weighted by Crippen LogP contribution is 2.20. The van der Waals surface area contributed by atoms with Gasteiger partial charge >= 0.3 is 6.61 Å². The highest BCUT2D eigenvalue weighted by molar-refractivity contribution is 5.27. The van der Waals surface area contributed by atoms with Crippen molar-refractivity contribution < 1.29 is 27.4 Å². The SMILES string of the molecule is CC(NCc1ccc(OC(F)F)cc1)C(O)c1ccc(F)c(F)c1. The predicted octanol–water partition coefficient (Wildman–Crippen LogP) is 3.78. The third kappa shape index (κ3) is 4.94. The van der Waals surface area contributed by atoms with Gasteiger partial charge in [-0.05, 0) is 42.3 Å². The van der Waals surface area contributed by atoms with Crippen LogP contribution in [0.4, 0.5) is 17.6 Å². The second-order valence-corrected chi connectivity index (χ2v) is 5.31. The van der Waals surface area contributed by atoms with Crippen molar-refractivity contribution in [2.45, 2.75) is 32.2 Å². The number of aliphatic hydroxyl groups excluding tert-OH is 1. The Morgan fingerprint density at radius 2 is 1.71 bits per heavy atom. The Morgan fingerprint density at radius 1 is 1.04 bits per heavy atom. The topological polar surface area (TPSA) is 41.5 Å². The van der Waals surface area contributed by atoms with Gasteiger partial charge in [-0.3, -0.25) is 0 Å². The first kappa shape index (κ1) is 18.2. The Morgan fingerprint density at radius 3 is 2.29 bits per heavy atom. The van der Waals surface area contributed by atoms with Crippen LogP contribution in [0.5, 0.6) is 5.75 Å². The van der Waals surface area contributed by atoms with Crippen molar-refractivity contribution >= 4 is 0 Å². The van der Waals surface area contributed by atoms with E-state index < -0.39 is 30.4 Å². The summed E-state index contributed by atoms with van der Waals surface area (Å²) in [6.45, 7) is -0.822. The molecule has 0 heterocycles. The minimum absolute atomic E-state index is 0.0589. The van der Waals surface area contributed by atoms with Crippen LogP contribution in [-0.4, -0.2) is 17.8 Å². The second kappa shape index (κ2) is 8.12. The van der Waals surface area contributed by atoms with Crippen LogP contribution < -0.4 is 10.1 Å². The summed E-state index contributed by atoms with van der Waals surface area (Å²) in [5, 5.41) is 13.2. The molecule has 24 heavy (non-hydrogen) atoms. The number of ether oxygens (including phenoxy) is 1. The van der Waals surface area contributed by atoms with Crippen molar-refractivity contribution in [1.82, 2.24) is 5.32 Å². The van der Waals surface area contributed by atoms with E-state index in [2.05, 4.69) is 10.1 Å². The van der Waals surface area contributed by atoms with Crippen molar-refractivity contribution in [3.05, 3.63) is 65.2 Å². The van der Waals surface area contributed by atoms with Gasteiger partial charge in [-0.25, -0.2) is 8.78 Å². The van der Waals surface area contributed by atoms with Crippen LogP contribution in [-0.2, 0) is 6.54 Å². The van der Waals surface area contributed by atoms with Gasteiger partial charge in [0.2, 0.25) is 0 Å². The lowest BCUT2D eigenvalue weighted by Gasteiger charge is -2.21. The van der Waals surface area contributed by atoms with E-state index in [4.69, 9.17) is 0 Å². The first-order valence-electron chi connectivity index (χ1n) is 7.27. The number of hydrogen-bond acceptors (Lipinski definition) is 3. The smallest absolute Gasteiger partial charge is 0.387 e. The summed E-state index contributed by atoms with van der Waals surface area (Å²) in [7, 11) is 0. The highest BCUT2D eigenvalue weighted by atomic mass is 19.3. The fourth-order valence-electron chi connectivity index (χ4n) is 2.16. The van der Waals surface area contributed by atoms with Crippen LogP contribution in [0.3, 0.4) is 0 Å². The van der Waals surface area contributed by atoms with Crippen molar-refractivity contribution in [3.63, 3.8) is 0 Å². The molecule has 0 saturated carbocycles. The number of hydrogen-bond donors (Lipinski definition) is 2. The largest absolute Gasteiger partial charge is 0.435 e. The Kier molecular flexibility index (Phi) is 6.16. The zero-order valence-corrected chi connectivity index (χ0v) is 12.8. The fourth-order valence-corrected chi connectivity index (χ4v) is 2.16. The Bertz CT molecular complexity index is 664. The van der Waals surface area contributed by atoms with Crippen LogP contribution in [0.2, 0.25) is 0 Å². The molecule has 0 aliphatic carbocycles. The van der Waals surface area contributed by atoms with E-state index in [1.807, 2.05) is 0 Å². The van der Waals surface area contributed by atoms with Crippen LogP contribution in [0.25, 0.3) is 0 Å². The van der Waals surface area contributed by atoms with E-state index in [9.17, 15) is 22.7 Å². The van der Waals surface area contributed by atoms with E-state index in [-0.39, 0.29) is 11.3 Å². The van der Waals surface area contributed by atoms with Gasteiger partial charge < -0.3 is 15.2 Å². The summed E-state index contributed by atoms with van der Waals surface area (Å²) in [5.74, 6) is -1.94. The molecule has 0 radical (unpaired) electrons. The molecule has 2 aromatic rings. The molecule has 0 fully saturated rings. The van der Waals surface area contributed by atoms with E-state index in [0.717, 1.165) is 17.7 Å². The molecular weight excluding hydrogens is 326 g/mol. The minimum Gasteiger partial charge on any atom is -0.435 e. The van der Waals surface area contributed by atoms with Crippen molar-refractivity contribution in [1.29, 1.82) is 0 Å². The lowest BCUT2D eigenvalue weighted by atomic mass is 10.0. The Labute approximate surface area is 136 Å². The number of aliphatic hydroxyl groups is 1. The van der Waals surface area contributed by atoms with E-state index in [1.165, 1.54) is 18.2 Å². The average molecular weight is 343 g/mol. The molecule has 0 amide bonds. The van der Waals surface area contributed by atoms with E-state index >= 15 is 0 Å². The zero-order chi connectivity index (χ0) is 17.7. The van der Waals surface area contributed by atoms with Crippen LogP contribution in [0.1, 0.15) is 24.2 Å². The predicted molar refractivity (Wildman–Crippen MR) is 80.7 cm³/mol. The standard InChI is InChI=1S/C17H17F4NO2/c1-10(16(23)12-4-7-14(18)15(19)8-12)22-9-11-2-5-13(6-3-11)24-17(20)21/h2-8,10,16-17,22-23H,9H2,1H3. The number of nitrogens with one attached hydrogen (secondary N) is 1. The molecule has 3 nitrogen and oxygen atoms in total. The minimum atomic E-state index is -2.87. The van der Waals surface area contributed by atoms with Gasteiger partial charge in [0.25, 0.3) is 0 Å². The zero-order valence-electron chi connectivity index (χ0n) is 12.8. The van der Waals surface area contributed by atoms with Crippen molar-refractivity contribution in [2.24, 2.45) is 0 Å². The first-order valence-corrected chi connectivity index (χ1v) is 7.27. The van der Waals surface area contributed by atoms with E-state index in [0.29, 0.717) is 6.54 Å². The van der Waals surface area contributed by atoms with Crippen LogP contribution >= 0.6 is 0 Å². The summed E-state index contributed by atoms with van der Waals surface area (Å²) < 4.78 is 54.5. The third-order valence-electron chi connectivity index (χ3n) is 3.54. The van der Waals surface area contributed by atoms with Gasteiger partial charge in [0, 0.05) is 12.6 Å². The molecule has 0 aliphatic heterocycles. The molecule has 2 rings (SSSR count). The van der Waals surface area contributed by atoms with Gasteiger partial charge in [0.15, 0.2) is 11.6 Å². The van der Waals surface area contributed by atoms with Crippen LogP contribution in [0, 0.1) is 11.6 Å². The maximum Gasteiger partial charge on any atom is 0.387 e. The summed E-state index contributed by atoms with van der Waals surface area (Å²) >= 11 is 0. The molecule has 7 heteroatoms. The van der Waals surface area contributed by atoms with Crippen molar-refractivity contribution in [2.75, 3.05) is 0 Å². The molecular formula is C17H17F4NO2. The molecule has 2 unspecified atom stereocenters. The second-order valence-electron chi connectivity index (χ2n) is 5.31. The summed E-state index contributed by atoms with van der Waals surface area (Å²) in [4.78, 5) is 0. The quantitative estimate of drug-likeness (QED) is 0.752. The molecule has 2 atom stereocenters. The van der Waals surface area contributed by atoms with Crippen LogP contribution in [0.15, 0.2) is 42.5 Å². The lowest BCUT2D eigenvalue weighted by Crippen LogP contribution is -2.31. The highest BCUT2D eigenvalue weighted by Gasteiger charge is 2.17. The first-order chi connectivity index (χ1) is 11.4. The van der Waals surface area contributed by atoms with Gasteiger partial charge in [-0.1, -0.05) is 18.2 Å². The third-order valence-corrected chi connectivity index (χ3v) is 3.54. The molecule has 0 bridgehead atoms. The molecule has 2 N–H and O–H groups in total. The summed E-state index contributed by atoms with van der Waals surface area (Å²) in [5.41, 5.74) is 1.05. The number of alkyl halides is 2. The monoisotopic (exact) mass is 343 g/mol. The number of rotatable bonds is 7. The molecule has 0 aliphatic rings. The van der Waals surface area contributed by atoms with Gasteiger partial charge in [0.1, 0.15) is 5.75 Å². The maximum absolute atomic E-state index is 13.2. The summed E-state index contributed by atoms with van der Waals surface area (Å²) in [6.07, 6.45) is -1.03. The fraction of sp³-hybridized carbons (Fsp3) is 0.294. The molecule has 0 saturated heterocycles.